The molecule has 2 heterocycles. The lowest BCUT2D eigenvalue weighted by atomic mass is 10.7. The summed E-state index contributed by atoms with van der Waals surface area (Å²) in [5.41, 5.74) is 0.840. The van der Waals surface area contributed by atoms with Crippen LogP contribution in [0.15, 0.2) is 18.9 Å². The van der Waals surface area contributed by atoms with Gasteiger partial charge in [-0.2, -0.15) is 0 Å². The Morgan fingerprint density at radius 2 is 2.00 bits per heavy atom. The van der Waals surface area contributed by atoms with E-state index in [2.05, 4.69) is 15.0 Å². The van der Waals surface area contributed by atoms with E-state index < -0.39 is 0 Å². The molecule has 4 heteroatoms. The van der Waals surface area contributed by atoms with Crippen LogP contribution >= 0.6 is 0 Å². The molecular weight excluding hydrogens is 152 g/mol. The van der Waals surface area contributed by atoms with Crippen LogP contribution in [0.25, 0.3) is 5.65 Å². The summed E-state index contributed by atoms with van der Waals surface area (Å²) in [6, 6.07) is 0. The molecule has 2 aromatic heterocycles. The van der Waals surface area contributed by atoms with E-state index in [1.165, 1.54) is 6.33 Å². The third kappa shape index (κ3) is 1.42. The average molecular weight is 164 g/mol. The third-order valence-electron chi connectivity index (χ3n) is 1.40. The second kappa shape index (κ2) is 3.80. The molecule has 64 valence electrons. The van der Waals surface area contributed by atoms with E-state index in [1.54, 1.807) is 12.5 Å². The summed E-state index contributed by atoms with van der Waals surface area (Å²) < 4.78 is 1.83. The largest absolute Gasteiger partial charge is 0.271 e. The highest BCUT2D eigenvalue weighted by molar-refractivity contribution is 5.34. The van der Waals surface area contributed by atoms with E-state index in [-0.39, 0.29) is 0 Å². The van der Waals surface area contributed by atoms with Gasteiger partial charge in [0.2, 0.25) is 0 Å². The van der Waals surface area contributed by atoms with Gasteiger partial charge in [0.1, 0.15) is 18.5 Å². The molecule has 0 bridgehead atoms. The molecule has 0 unspecified atom stereocenters. The average Bonchev–Trinajstić information content (AvgIpc) is 2.53. The molecule has 0 N–H and O–H groups in total. The van der Waals surface area contributed by atoms with Gasteiger partial charge >= 0.3 is 0 Å². The van der Waals surface area contributed by atoms with Crippen LogP contribution in [-0.2, 0) is 0 Å². The van der Waals surface area contributed by atoms with Gasteiger partial charge in [0.15, 0.2) is 5.65 Å². The Labute approximate surface area is 71.3 Å². The van der Waals surface area contributed by atoms with Gasteiger partial charge in [-0.1, -0.05) is 13.8 Å². The molecule has 0 aromatic carbocycles. The molecule has 0 aliphatic rings. The lowest BCUT2D eigenvalue weighted by Gasteiger charge is -1.89. The van der Waals surface area contributed by atoms with Crippen molar-refractivity contribution in [1.82, 2.24) is 19.4 Å². The number of hydrogen-bond donors (Lipinski definition) is 0. The van der Waals surface area contributed by atoms with E-state index in [0.29, 0.717) is 0 Å². The topological polar surface area (TPSA) is 43.1 Å². The second-order valence-corrected chi connectivity index (χ2v) is 2.04. The van der Waals surface area contributed by atoms with Gasteiger partial charge in [0.25, 0.3) is 0 Å². The Kier molecular flexibility index (Phi) is 2.74. The molecule has 0 fully saturated rings. The number of rotatable bonds is 0. The molecule has 2 aromatic rings. The van der Waals surface area contributed by atoms with Crippen molar-refractivity contribution in [2.75, 3.05) is 0 Å². The zero-order valence-corrected chi connectivity index (χ0v) is 7.52. The van der Waals surface area contributed by atoms with Gasteiger partial charge in [-0.05, 0) is 6.92 Å². The number of fused-ring (bicyclic) bond motifs is 1. The Morgan fingerprint density at radius 1 is 1.25 bits per heavy atom. The van der Waals surface area contributed by atoms with Crippen LogP contribution in [0.5, 0.6) is 0 Å². The van der Waals surface area contributed by atoms with Crippen molar-refractivity contribution in [2.45, 2.75) is 20.8 Å². The van der Waals surface area contributed by atoms with Crippen molar-refractivity contribution in [3.8, 4) is 0 Å². The SMILES string of the molecule is CC.Cc1ncc2ncncn12. The van der Waals surface area contributed by atoms with Gasteiger partial charge in [-0.15, -0.1) is 0 Å². The third-order valence-corrected chi connectivity index (χ3v) is 1.40. The molecule has 4 nitrogen and oxygen atoms in total. The number of aryl methyl sites for hydroxylation is 1. The van der Waals surface area contributed by atoms with Crippen LogP contribution in [0.3, 0.4) is 0 Å². The molecule has 2 rings (SSSR count). The maximum absolute atomic E-state index is 4.06. The maximum atomic E-state index is 4.06. The summed E-state index contributed by atoms with van der Waals surface area (Å²) >= 11 is 0. The molecule has 0 spiro atoms. The van der Waals surface area contributed by atoms with Crippen LogP contribution in [-0.4, -0.2) is 19.4 Å². The first-order valence-electron chi connectivity index (χ1n) is 3.97. The van der Waals surface area contributed by atoms with Crippen molar-refractivity contribution >= 4 is 5.65 Å². The number of aromatic nitrogens is 4. The monoisotopic (exact) mass is 164 g/mol. The van der Waals surface area contributed by atoms with Gasteiger partial charge in [-0.25, -0.2) is 15.0 Å². The van der Waals surface area contributed by atoms with E-state index in [0.717, 1.165) is 11.5 Å². The Morgan fingerprint density at radius 3 is 2.67 bits per heavy atom. The lowest BCUT2D eigenvalue weighted by Crippen LogP contribution is -1.90. The van der Waals surface area contributed by atoms with E-state index in [1.807, 2.05) is 25.2 Å². The first-order valence-corrected chi connectivity index (χ1v) is 3.97. The van der Waals surface area contributed by atoms with Crippen LogP contribution in [0.2, 0.25) is 0 Å². The van der Waals surface area contributed by atoms with Gasteiger partial charge in [0, 0.05) is 0 Å². The fraction of sp³-hybridized carbons (Fsp3) is 0.375. The molecule has 12 heavy (non-hydrogen) atoms. The lowest BCUT2D eigenvalue weighted by molar-refractivity contribution is 0.964. The Bertz CT molecular complexity index is 353. The zero-order valence-electron chi connectivity index (χ0n) is 7.52. The van der Waals surface area contributed by atoms with Gasteiger partial charge in [0.05, 0.1) is 6.20 Å². The normalized spacial score (nSPS) is 9.25. The molecular formula is C8H12N4. The second-order valence-electron chi connectivity index (χ2n) is 2.04. The van der Waals surface area contributed by atoms with Crippen LogP contribution in [0, 0.1) is 6.92 Å². The molecule has 0 aliphatic heterocycles. The fourth-order valence-corrected chi connectivity index (χ4v) is 0.869. The van der Waals surface area contributed by atoms with Crippen molar-refractivity contribution in [1.29, 1.82) is 0 Å². The standard InChI is InChI=1S/C6H6N4.C2H6/c1-5-8-2-6-9-3-7-4-10(5)6;1-2/h2-4H,1H3;1-2H3. The van der Waals surface area contributed by atoms with Gasteiger partial charge < -0.3 is 0 Å². The number of hydrogen-bond acceptors (Lipinski definition) is 3. The fourth-order valence-electron chi connectivity index (χ4n) is 0.869. The highest BCUT2D eigenvalue weighted by Crippen LogP contribution is 1.98. The summed E-state index contributed by atoms with van der Waals surface area (Å²) in [4.78, 5) is 11.9. The summed E-state index contributed by atoms with van der Waals surface area (Å²) in [5.74, 6) is 0.913. The predicted octanol–water partition coefficient (Wildman–Crippen LogP) is 1.46. The summed E-state index contributed by atoms with van der Waals surface area (Å²) in [7, 11) is 0. The Hall–Kier alpha value is -1.45. The van der Waals surface area contributed by atoms with Crippen molar-refractivity contribution in [3.05, 3.63) is 24.7 Å². The minimum atomic E-state index is 0.840. The van der Waals surface area contributed by atoms with E-state index >= 15 is 0 Å². The van der Waals surface area contributed by atoms with Crippen molar-refractivity contribution in [3.63, 3.8) is 0 Å². The highest BCUT2D eigenvalue weighted by Gasteiger charge is 1.95. The molecule has 0 saturated heterocycles. The minimum Gasteiger partial charge on any atom is -0.271 e. The summed E-state index contributed by atoms with van der Waals surface area (Å²) in [6.07, 6.45) is 4.93. The summed E-state index contributed by atoms with van der Waals surface area (Å²) in [6.45, 7) is 5.91. The summed E-state index contributed by atoms with van der Waals surface area (Å²) in [5, 5.41) is 0. The predicted molar refractivity (Wildman–Crippen MR) is 46.9 cm³/mol. The van der Waals surface area contributed by atoms with E-state index in [9.17, 15) is 0 Å². The zero-order chi connectivity index (χ0) is 8.97. The number of nitrogens with zero attached hydrogens (tertiary/aromatic N) is 4. The first-order chi connectivity index (χ1) is 5.88. The number of imidazole rings is 1. The van der Waals surface area contributed by atoms with E-state index in [4.69, 9.17) is 0 Å². The van der Waals surface area contributed by atoms with Crippen LogP contribution < -0.4 is 0 Å². The Balaban J connectivity index is 0.000000336. The molecule has 0 saturated carbocycles. The van der Waals surface area contributed by atoms with Crippen LogP contribution in [0.4, 0.5) is 0 Å². The van der Waals surface area contributed by atoms with Gasteiger partial charge in [-0.3, -0.25) is 4.40 Å². The molecule has 0 radical (unpaired) electrons. The van der Waals surface area contributed by atoms with Crippen LogP contribution in [0.1, 0.15) is 19.7 Å². The molecule has 0 aliphatic carbocycles. The quantitative estimate of drug-likeness (QED) is 0.592. The smallest absolute Gasteiger partial charge is 0.159 e. The van der Waals surface area contributed by atoms with Crippen molar-refractivity contribution < 1.29 is 0 Å². The van der Waals surface area contributed by atoms with Crippen molar-refractivity contribution in [2.24, 2.45) is 0 Å². The molecule has 0 atom stereocenters. The maximum Gasteiger partial charge on any atom is 0.159 e. The molecule has 0 amide bonds. The highest BCUT2D eigenvalue weighted by atomic mass is 15.1. The minimum absolute atomic E-state index is 0.840. The first kappa shape index (κ1) is 8.64.